The zero-order valence-electron chi connectivity index (χ0n) is 10.7. The van der Waals surface area contributed by atoms with Crippen molar-refractivity contribution < 1.29 is 14.6 Å². The molecule has 2 aromatic rings. The molecule has 0 saturated heterocycles. The van der Waals surface area contributed by atoms with Gasteiger partial charge < -0.3 is 20.1 Å². The van der Waals surface area contributed by atoms with E-state index in [9.17, 15) is 4.79 Å². The molecule has 5 heteroatoms. The van der Waals surface area contributed by atoms with Crippen LogP contribution < -0.4 is 5.32 Å². The number of aliphatic hydroxyl groups excluding tert-OH is 1. The third-order valence-corrected chi connectivity index (χ3v) is 2.86. The average molecular weight is 262 g/mol. The molecular weight excluding hydrogens is 244 g/mol. The van der Waals surface area contributed by atoms with E-state index in [1.165, 1.54) is 10.9 Å². The van der Waals surface area contributed by atoms with Crippen molar-refractivity contribution in [3.63, 3.8) is 0 Å². The van der Waals surface area contributed by atoms with Gasteiger partial charge in [-0.25, -0.2) is 0 Å². The van der Waals surface area contributed by atoms with Crippen molar-refractivity contribution >= 4 is 16.8 Å². The highest BCUT2D eigenvalue weighted by Crippen LogP contribution is 2.17. The summed E-state index contributed by atoms with van der Waals surface area (Å²) in [5.74, 6) is -0.159. The van der Waals surface area contributed by atoms with Gasteiger partial charge in [0.25, 0.3) is 0 Å². The second kappa shape index (κ2) is 6.92. The highest BCUT2D eigenvalue weighted by atomic mass is 16.5. The maximum absolute atomic E-state index is 11.4. The van der Waals surface area contributed by atoms with Crippen LogP contribution in [0, 0.1) is 0 Å². The van der Waals surface area contributed by atoms with Crippen LogP contribution in [0.2, 0.25) is 0 Å². The predicted octanol–water partition coefficient (Wildman–Crippen LogP) is 0.836. The first-order chi connectivity index (χ1) is 9.31. The van der Waals surface area contributed by atoms with Gasteiger partial charge in [-0.2, -0.15) is 0 Å². The van der Waals surface area contributed by atoms with Crippen molar-refractivity contribution in [3.05, 3.63) is 36.0 Å². The molecule has 5 nitrogen and oxygen atoms in total. The van der Waals surface area contributed by atoms with Crippen LogP contribution in [0.3, 0.4) is 0 Å². The average Bonchev–Trinajstić information content (AvgIpc) is 2.83. The number of aromatic nitrogens is 1. The van der Waals surface area contributed by atoms with Gasteiger partial charge in [0.15, 0.2) is 0 Å². The third-order valence-electron chi connectivity index (χ3n) is 2.86. The molecule has 19 heavy (non-hydrogen) atoms. The van der Waals surface area contributed by atoms with E-state index in [4.69, 9.17) is 9.84 Å². The summed E-state index contributed by atoms with van der Waals surface area (Å²) < 4.78 is 4.93. The monoisotopic (exact) mass is 262 g/mol. The maximum atomic E-state index is 11.4. The number of rotatable bonds is 7. The van der Waals surface area contributed by atoms with Gasteiger partial charge in [-0.3, -0.25) is 4.79 Å². The van der Waals surface area contributed by atoms with Crippen molar-refractivity contribution in [2.24, 2.45) is 0 Å². The van der Waals surface area contributed by atoms with E-state index in [0.717, 1.165) is 11.9 Å². The number of aromatic amines is 1. The number of nitrogens with one attached hydrogen (secondary N) is 2. The van der Waals surface area contributed by atoms with Crippen molar-refractivity contribution in [3.8, 4) is 0 Å². The summed E-state index contributed by atoms with van der Waals surface area (Å²) >= 11 is 0. The Hall–Kier alpha value is -1.85. The number of carbonyl (C=O) groups excluding carboxylic acids is 1. The molecule has 1 aromatic carbocycles. The van der Waals surface area contributed by atoms with Crippen LogP contribution in [-0.4, -0.2) is 42.4 Å². The molecule has 0 aliphatic heterocycles. The fourth-order valence-corrected chi connectivity index (χ4v) is 1.96. The SMILES string of the molecule is O=C(COCCO)NCCc1c[nH]c2ccccc12. The van der Waals surface area contributed by atoms with Gasteiger partial charge in [0, 0.05) is 23.6 Å². The lowest BCUT2D eigenvalue weighted by atomic mass is 10.1. The fraction of sp³-hybridized carbons (Fsp3) is 0.357. The van der Waals surface area contributed by atoms with Gasteiger partial charge >= 0.3 is 0 Å². The summed E-state index contributed by atoms with van der Waals surface area (Å²) in [6, 6.07) is 8.08. The summed E-state index contributed by atoms with van der Waals surface area (Å²) in [5.41, 5.74) is 2.29. The highest BCUT2D eigenvalue weighted by molar-refractivity contribution is 5.83. The lowest BCUT2D eigenvalue weighted by Gasteiger charge is -2.05. The normalized spacial score (nSPS) is 10.8. The number of carbonyl (C=O) groups is 1. The van der Waals surface area contributed by atoms with Crippen LogP contribution in [-0.2, 0) is 16.0 Å². The lowest BCUT2D eigenvalue weighted by Crippen LogP contribution is -2.29. The molecular formula is C14H18N2O3. The number of fused-ring (bicyclic) bond motifs is 1. The fourth-order valence-electron chi connectivity index (χ4n) is 1.96. The Balaban J connectivity index is 1.78. The number of aliphatic hydroxyl groups is 1. The number of hydrogen-bond donors (Lipinski definition) is 3. The van der Waals surface area contributed by atoms with Crippen molar-refractivity contribution in [1.29, 1.82) is 0 Å². The quantitative estimate of drug-likeness (QED) is 0.647. The van der Waals surface area contributed by atoms with Gasteiger partial charge in [0.05, 0.1) is 13.2 Å². The first kappa shape index (κ1) is 13.6. The van der Waals surface area contributed by atoms with Gasteiger partial charge in [0.2, 0.25) is 5.91 Å². The van der Waals surface area contributed by atoms with Gasteiger partial charge in [-0.1, -0.05) is 18.2 Å². The van der Waals surface area contributed by atoms with Gasteiger partial charge in [-0.15, -0.1) is 0 Å². The smallest absolute Gasteiger partial charge is 0.246 e. The third kappa shape index (κ3) is 3.81. The molecule has 1 aromatic heterocycles. The Kier molecular flexibility index (Phi) is 4.94. The second-order valence-corrected chi connectivity index (χ2v) is 4.24. The van der Waals surface area contributed by atoms with Crippen LogP contribution >= 0.6 is 0 Å². The zero-order chi connectivity index (χ0) is 13.5. The van der Waals surface area contributed by atoms with Crippen LogP contribution in [0.15, 0.2) is 30.5 Å². The molecule has 1 heterocycles. The molecule has 1 amide bonds. The van der Waals surface area contributed by atoms with Crippen molar-refractivity contribution in [1.82, 2.24) is 10.3 Å². The first-order valence-corrected chi connectivity index (χ1v) is 6.31. The van der Waals surface area contributed by atoms with E-state index in [-0.39, 0.29) is 25.7 Å². The predicted molar refractivity (Wildman–Crippen MR) is 72.9 cm³/mol. The Labute approximate surface area is 111 Å². The van der Waals surface area contributed by atoms with E-state index in [0.29, 0.717) is 6.54 Å². The Morgan fingerprint density at radius 2 is 2.21 bits per heavy atom. The minimum atomic E-state index is -0.159. The van der Waals surface area contributed by atoms with Gasteiger partial charge in [-0.05, 0) is 18.1 Å². The summed E-state index contributed by atoms with van der Waals surface area (Å²) in [4.78, 5) is 14.6. The number of H-pyrrole nitrogens is 1. The Morgan fingerprint density at radius 1 is 1.37 bits per heavy atom. The van der Waals surface area contributed by atoms with E-state index in [1.54, 1.807) is 0 Å². The molecule has 0 radical (unpaired) electrons. The lowest BCUT2D eigenvalue weighted by molar-refractivity contribution is -0.125. The molecule has 0 aliphatic carbocycles. The van der Waals surface area contributed by atoms with Crippen LogP contribution in [0.4, 0.5) is 0 Å². The minimum Gasteiger partial charge on any atom is -0.394 e. The summed E-state index contributed by atoms with van der Waals surface area (Å²) in [7, 11) is 0. The molecule has 0 saturated carbocycles. The largest absolute Gasteiger partial charge is 0.394 e. The molecule has 0 aliphatic rings. The summed E-state index contributed by atoms with van der Waals surface area (Å²) in [5, 5.41) is 12.5. The van der Waals surface area contributed by atoms with E-state index in [1.807, 2.05) is 24.4 Å². The number of para-hydroxylation sites is 1. The molecule has 0 fully saturated rings. The first-order valence-electron chi connectivity index (χ1n) is 6.31. The maximum Gasteiger partial charge on any atom is 0.246 e. The number of ether oxygens (including phenoxy) is 1. The Bertz CT molecular complexity index is 536. The van der Waals surface area contributed by atoms with Crippen LogP contribution in [0.25, 0.3) is 10.9 Å². The zero-order valence-corrected chi connectivity index (χ0v) is 10.7. The molecule has 0 atom stereocenters. The molecule has 0 spiro atoms. The number of hydrogen-bond acceptors (Lipinski definition) is 3. The van der Waals surface area contributed by atoms with Crippen LogP contribution in [0.5, 0.6) is 0 Å². The molecule has 3 N–H and O–H groups in total. The van der Waals surface area contributed by atoms with E-state index < -0.39 is 0 Å². The molecule has 102 valence electrons. The summed E-state index contributed by atoms with van der Waals surface area (Å²) in [6.07, 6.45) is 2.74. The van der Waals surface area contributed by atoms with E-state index in [2.05, 4.69) is 16.4 Å². The van der Waals surface area contributed by atoms with E-state index >= 15 is 0 Å². The minimum absolute atomic E-state index is 0.00551. The van der Waals surface area contributed by atoms with Crippen molar-refractivity contribution in [2.75, 3.05) is 26.4 Å². The number of amides is 1. The molecule has 2 rings (SSSR count). The molecule has 0 bridgehead atoms. The second-order valence-electron chi connectivity index (χ2n) is 4.24. The van der Waals surface area contributed by atoms with Crippen LogP contribution in [0.1, 0.15) is 5.56 Å². The Morgan fingerprint density at radius 3 is 3.05 bits per heavy atom. The topological polar surface area (TPSA) is 74.3 Å². The number of benzene rings is 1. The molecule has 0 unspecified atom stereocenters. The standard InChI is InChI=1S/C14H18N2O3/c17-7-8-19-10-14(18)15-6-5-11-9-16-13-4-2-1-3-12(11)13/h1-4,9,16-17H,5-8,10H2,(H,15,18). The highest BCUT2D eigenvalue weighted by Gasteiger charge is 2.04. The van der Waals surface area contributed by atoms with Crippen molar-refractivity contribution in [2.45, 2.75) is 6.42 Å². The summed E-state index contributed by atoms with van der Waals surface area (Å²) in [6.45, 7) is 0.691. The van der Waals surface area contributed by atoms with Gasteiger partial charge in [0.1, 0.15) is 6.61 Å².